The fourth-order valence-corrected chi connectivity index (χ4v) is 5.58. The standard InChI is InChI=1S/C26H27ClN4O6/c1-25(12-20(32)31(22(30-25)29-23(33)34)17-10-26(11-17)14-36-15-26)18-8-5-9-19(21(18)27)28-24(35)37-13-16-6-3-2-4-7-16/h2-9,17H,10-15H2,1H3,(H,28,35)(H,29,30)(H,33,34)/t25-/m0/s1. The van der Waals surface area contributed by atoms with Crippen molar-refractivity contribution in [1.29, 1.82) is 0 Å². The van der Waals surface area contributed by atoms with E-state index in [1.807, 2.05) is 30.3 Å². The maximum Gasteiger partial charge on any atom is 0.412 e. The molecular formula is C26H27ClN4O6. The van der Waals surface area contributed by atoms with E-state index in [9.17, 15) is 19.5 Å². The number of hydrogen-bond acceptors (Lipinski definition) is 6. The first kappa shape index (κ1) is 25.0. The minimum atomic E-state index is -1.32. The summed E-state index contributed by atoms with van der Waals surface area (Å²) in [5, 5.41) is 14.6. The van der Waals surface area contributed by atoms with Crippen molar-refractivity contribution in [3.63, 3.8) is 0 Å². The Morgan fingerprint density at radius 1 is 1.16 bits per heavy atom. The summed E-state index contributed by atoms with van der Waals surface area (Å²) in [6, 6.07) is 14.1. The summed E-state index contributed by atoms with van der Waals surface area (Å²) < 4.78 is 10.6. The van der Waals surface area contributed by atoms with E-state index in [-0.39, 0.29) is 41.4 Å². The van der Waals surface area contributed by atoms with E-state index in [1.165, 1.54) is 4.90 Å². The zero-order valence-corrected chi connectivity index (χ0v) is 21.0. The summed E-state index contributed by atoms with van der Waals surface area (Å²) >= 11 is 6.68. The van der Waals surface area contributed by atoms with E-state index >= 15 is 0 Å². The average Bonchev–Trinajstić information content (AvgIpc) is 2.79. The van der Waals surface area contributed by atoms with Crippen molar-refractivity contribution in [3.05, 3.63) is 64.7 Å². The second kappa shape index (κ2) is 9.68. The molecule has 2 aromatic carbocycles. The highest BCUT2D eigenvalue weighted by Crippen LogP contribution is 2.50. The molecule has 2 aliphatic heterocycles. The third-order valence-electron chi connectivity index (χ3n) is 7.11. The number of nitrogens with zero attached hydrogens (tertiary/aromatic N) is 2. The normalized spacial score (nSPS) is 22.5. The maximum atomic E-state index is 13.4. The lowest BCUT2D eigenvalue weighted by atomic mass is 9.63. The molecule has 2 aromatic rings. The number of carbonyl (C=O) groups excluding carboxylic acids is 2. The van der Waals surface area contributed by atoms with Crippen LogP contribution in [0.25, 0.3) is 0 Å². The Morgan fingerprint density at radius 3 is 2.54 bits per heavy atom. The van der Waals surface area contributed by atoms with E-state index < -0.39 is 17.7 Å². The molecule has 1 aliphatic carbocycles. The van der Waals surface area contributed by atoms with Crippen LogP contribution >= 0.6 is 11.6 Å². The molecule has 2 heterocycles. The zero-order valence-electron chi connectivity index (χ0n) is 20.2. The Bertz CT molecular complexity index is 1260. The lowest BCUT2D eigenvalue weighted by Gasteiger charge is -2.56. The van der Waals surface area contributed by atoms with Gasteiger partial charge in [0.15, 0.2) is 0 Å². The van der Waals surface area contributed by atoms with Gasteiger partial charge < -0.3 is 14.6 Å². The summed E-state index contributed by atoms with van der Waals surface area (Å²) in [5.74, 6) is -0.277. The molecule has 10 nitrogen and oxygen atoms in total. The number of aliphatic imine (C=N–C) groups is 1. The highest BCUT2D eigenvalue weighted by Gasteiger charge is 2.55. The molecule has 5 rings (SSSR count). The largest absolute Gasteiger partial charge is 0.465 e. The fourth-order valence-electron chi connectivity index (χ4n) is 5.20. The van der Waals surface area contributed by atoms with Gasteiger partial charge in [-0.2, -0.15) is 0 Å². The molecule has 1 saturated carbocycles. The second-order valence-corrected chi connectivity index (χ2v) is 10.4. The Morgan fingerprint density at radius 2 is 1.89 bits per heavy atom. The van der Waals surface area contributed by atoms with Crippen molar-refractivity contribution in [1.82, 2.24) is 10.2 Å². The molecule has 3 amide bonds. The molecule has 3 N–H and O–H groups in total. The molecule has 0 unspecified atom stereocenters. The van der Waals surface area contributed by atoms with Gasteiger partial charge in [-0.3, -0.25) is 20.3 Å². The van der Waals surface area contributed by atoms with E-state index in [0.717, 1.165) is 18.4 Å². The molecule has 2 fully saturated rings. The first-order valence-electron chi connectivity index (χ1n) is 11.9. The number of nitrogens with one attached hydrogen (secondary N) is 2. The monoisotopic (exact) mass is 526 g/mol. The van der Waals surface area contributed by atoms with Crippen LogP contribution in [0.15, 0.2) is 53.5 Å². The Kier molecular flexibility index (Phi) is 6.55. The predicted molar refractivity (Wildman–Crippen MR) is 135 cm³/mol. The minimum Gasteiger partial charge on any atom is -0.465 e. The summed E-state index contributed by atoms with van der Waals surface area (Å²) in [6.45, 7) is 3.12. The SMILES string of the molecule is C[C@@]1(c2cccc(NC(=O)OCc3ccccc3)c2Cl)CC(=O)N(C2CC3(COC3)C2)C(NC(=O)O)=N1. The van der Waals surface area contributed by atoms with Crippen molar-refractivity contribution in [2.75, 3.05) is 18.5 Å². The van der Waals surface area contributed by atoms with Crippen molar-refractivity contribution >= 4 is 41.3 Å². The smallest absolute Gasteiger partial charge is 0.412 e. The number of ether oxygens (including phenoxy) is 2. The van der Waals surface area contributed by atoms with Crippen LogP contribution in [0.4, 0.5) is 15.3 Å². The molecule has 194 valence electrons. The number of hydrogen-bond donors (Lipinski definition) is 3. The van der Waals surface area contributed by atoms with Crippen molar-refractivity contribution in [2.24, 2.45) is 10.4 Å². The first-order chi connectivity index (χ1) is 17.7. The Hall–Kier alpha value is -3.63. The molecule has 0 radical (unpaired) electrons. The summed E-state index contributed by atoms with van der Waals surface area (Å²) in [4.78, 5) is 43.5. The number of carbonyl (C=O) groups is 3. The third kappa shape index (κ3) is 4.99. The predicted octanol–water partition coefficient (Wildman–Crippen LogP) is 4.34. The van der Waals surface area contributed by atoms with Crippen molar-refractivity contribution in [2.45, 2.75) is 44.4 Å². The first-order valence-corrected chi connectivity index (χ1v) is 12.3. The molecular weight excluding hydrogens is 500 g/mol. The Balaban J connectivity index is 1.36. The number of amides is 3. The van der Waals surface area contributed by atoms with E-state index in [1.54, 1.807) is 25.1 Å². The highest BCUT2D eigenvalue weighted by atomic mass is 35.5. The van der Waals surface area contributed by atoms with Crippen LogP contribution in [-0.4, -0.2) is 53.3 Å². The topological polar surface area (TPSA) is 130 Å². The van der Waals surface area contributed by atoms with Gasteiger partial charge in [-0.15, -0.1) is 0 Å². The van der Waals surface area contributed by atoms with Crippen LogP contribution in [0, 0.1) is 5.41 Å². The molecule has 37 heavy (non-hydrogen) atoms. The molecule has 1 spiro atoms. The molecule has 0 bridgehead atoms. The summed E-state index contributed by atoms with van der Waals surface area (Å²) in [7, 11) is 0. The zero-order chi connectivity index (χ0) is 26.2. The van der Waals surface area contributed by atoms with Gasteiger partial charge in [0.25, 0.3) is 0 Å². The quantitative estimate of drug-likeness (QED) is 0.531. The Labute approximate surface area is 218 Å². The molecule has 11 heteroatoms. The van der Waals surface area contributed by atoms with E-state index in [0.29, 0.717) is 24.5 Å². The fraction of sp³-hybridized carbons (Fsp3) is 0.385. The molecule has 0 aromatic heterocycles. The van der Waals surface area contributed by atoms with Crippen LogP contribution < -0.4 is 10.6 Å². The van der Waals surface area contributed by atoms with Gasteiger partial charge in [-0.1, -0.05) is 54.1 Å². The van der Waals surface area contributed by atoms with Crippen molar-refractivity contribution < 1.29 is 29.0 Å². The van der Waals surface area contributed by atoms with E-state index in [2.05, 4.69) is 15.6 Å². The third-order valence-corrected chi connectivity index (χ3v) is 7.52. The van der Waals surface area contributed by atoms with E-state index in [4.69, 9.17) is 21.1 Å². The van der Waals surface area contributed by atoms with Gasteiger partial charge in [-0.05, 0) is 31.4 Å². The lowest BCUT2D eigenvalue weighted by molar-refractivity contribution is -0.182. The van der Waals surface area contributed by atoms with Crippen molar-refractivity contribution in [3.8, 4) is 0 Å². The van der Waals surface area contributed by atoms with Crippen LogP contribution in [0.2, 0.25) is 5.02 Å². The average molecular weight is 527 g/mol. The maximum absolute atomic E-state index is 13.4. The van der Waals surface area contributed by atoms with Gasteiger partial charge in [-0.25, -0.2) is 14.6 Å². The summed E-state index contributed by atoms with van der Waals surface area (Å²) in [5.41, 5.74) is 0.533. The minimum absolute atomic E-state index is 0.0145. The molecule has 3 aliphatic rings. The molecule has 1 saturated heterocycles. The second-order valence-electron chi connectivity index (χ2n) is 9.99. The number of rotatable bonds is 5. The van der Waals surface area contributed by atoms with Crippen LogP contribution in [0.5, 0.6) is 0 Å². The van der Waals surface area contributed by atoms with Gasteiger partial charge in [0.05, 0.1) is 35.9 Å². The number of guanidine groups is 1. The highest BCUT2D eigenvalue weighted by molar-refractivity contribution is 6.34. The van der Waals surface area contributed by atoms with Crippen LogP contribution in [0.1, 0.15) is 37.3 Å². The van der Waals surface area contributed by atoms with Crippen LogP contribution in [-0.2, 0) is 26.4 Å². The summed E-state index contributed by atoms with van der Waals surface area (Å²) in [6.07, 6.45) is -0.541. The number of halogens is 1. The van der Waals surface area contributed by atoms with Gasteiger partial charge >= 0.3 is 12.2 Å². The number of anilines is 1. The van der Waals surface area contributed by atoms with Gasteiger partial charge in [0, 0.05) is 17.0 Å². The van der Waals surface area contributed by atoms with Gasteiger partial charge in [0.1, 0.15) is 6.61 Å². The number of benzene rings is 2. The lowest BCUT2D eigenvalue weighted by Crippen LogP contribution is -2.65. The molecule has 1 atom stereocenters. The van der Waals surface area contributed by atoms with Crippen LogP contribution in [0.3, 0.4) is 0 Å². The van der Waals surface area contributed by atoms with Gasteiger partial charge in [0.2, 0.25) is 11.9 Å². The number of carboxylic acid groups (broad SMARTS) is 1.